The molecular weight excluding hydrogens is 499 g/mol. The Labute approximate surface area is 213 Å². The Hall–Kier alpha value is -3.89. The minimum atomic E-state index is -3.62. The number of anilines is 1. The summed E-state index contributed by atoms with van der Waals surface area (Å²) in [6.45, 7) is 0.226. The second-order valence-corrected chi connectivity index (χ2v) is 10.9. The number of nitrogens with zero attached hydrogens (tertiary/aromatic N) is 1. The van der Waals surface area contributed by atoms with E-state index in [0.717, 1.165) is 24.7 Å². The van der Waals surface area contributed by atoms with Crippen LogP contribution < -0.4 is 14.8 Å². The number of furan rings is 1. The predicted octanol–water partition coefficient (Wildman–Crippen LogP) is 5.33. The molecule has 0 amide bonds. The van der Waals surface area contributed by atoms with E-state index in [-0.39, 0.29) is 41.7 Å². The third-order valence-corrected chi connectivity index (χ3v) is 7.42. The van der Waals surface area contributed by atoms with Crippen molar-refractivity contribution in [1.82, 2.24) is 0 Å². The summed E-state index contributed by atoms with van der Waals surface area (Å²) in [7, 11) is -3.62. The minimum absolute atomic E-state index is 0.000355. The van der Waals surface area contributed by atoms with Crippen molar-refractivity contribution < 1.29 is 31.9 Å². The Bertz CT molecular complexity index is 1580. The molecule has 8 nitrogen and oxygen atoms in total. The fraction of sp³-hybridized carbons (Fsp3) is 0.222. The van der Waals surface area contributed by atoms with Gasteiger partial charge in [-0.3, -0.25) is 4.31 Å². The molecule has 0 radical (unpaired) electrons. The van der Waals surface area contributed by atoms with Crippen molar-refractivity contribution in [2.24, 2.45) is 5.73 Å². The van der Waals surface area contributed by atoms with Crippen LogP contribution in [0.4, 0.5) is 10.1 Å². The molecule has 10 heteroatoms. The topological polar surface area (TPSA) is 123 Å². The molecule has 3 aromatic carbocycles. The van der Waals surface area contributed by atoms with Crippen molar-refractivity contribution in [1.29, 1.82) is 0 Å². The lowest BCUT2D eigenvalue weighted by molar-refractivity contribution is 0.0699. The highest BCUT2D eigenvalue weighted by Gasteiger charge is 2.33. The molecule has 5 rings (SSSR count). The van der Waals surface area contributed by atoms with Crippen LogP contribution in [0.25, 0.3) is 22.3 Å². The molecule has 192 valence electrons. The van der Waals surface area contributed by atoms with E-state index in [1.165, 1.54) is 28.6 Å². The third kappa shape index (κ3) is 5.03. The van der Waals surface area contributed by atoms with Crippen LogP contribution >= 0.6 is 0 Å². The van der Waals surface area contributed by atoms with Gasteiger partial charge in [-0.25, -0.2) is 17.6 Å². The molecular formula is C27H25FN2O6S. The van der Waals surface area contributed by atoms with E-state index in [1.807, 2.05) is 0 Å². The fourth-order valence-electron chi connectivity index (χ4n) is 4.40. The van der Waals surface area contributed by atoms with Crippen molar-refractivity contribution in [3.8, 4) is 22.8 Å². The number of carbonyl (C=O) groups is 1. The standard InChI is InChI=1S/C27H25FN2O6S/c1-37(33,34)30(13-12-29)23-15-24-22(14-21(23)16-2-3-16)25(27(31)32)26(36-24)17-4-8-19(9-5-17)35-20-10-6-18(28)7-11-20/h4-11,14-16H,2-3,12-13,29H2,1H3,(H,31,32). The van der Waals surface area contributed by atoms with Crippen LogP contribution in [-0.4, -0.2) is 38.8 Å². The van der Waals surface area contributed by atoms with Gasteiger partial charge >= 0.3 is 5.97 Å². The molecule has 0 saturated heterocycles. The van der Waals surface area contributed by atoms with E-state index in [2.05, 4.69) is 0 Å². The summed E-state index contributed by atoms with van der Waals surface area (Å²) < 4.78 is 51.3. The smallest absolute Gasteiger partial charge is 0.340 e. The Morgan fingerprint density at radius 2 is 1.73 bits per heavy atom. The summed E-state index contributed by atoms with van der Waals surface area (Å²) in [5, 5.41) is 10.5. The molecule has 1 aliphatic carbocycles. The first kappa shape index (κ1) is 24.8. The highest BCUT2D eigenvalue weighted by molar-refractivity contribution is 7.92. The van der Waals surface area contributed by atoms with Crippen LogP contribution in [0.2, 0.25) is 0 Å². The normalized spacial score (nSPS) is 13.6. The second-order valence-electron chi connectivity index (χ2n) is 9.00. The summed E-state index contributed by atoms with van der Waals surface area (Å²) >= 11 is 0. The molecule has 0 spiro atoms. The van der Waals surface area contributed by atoms with Gasteiger partial charge in [0.05, 0.1) is 11.9 Å². The Morgan fingerprint density at radius 1 is 1.11 bits per heavy atom. The molecule has 3 N–H and O–H groups in total. The van der Waals surface area contributed by atoms with E-state index in [1.54, 1.807) is 36.4 Å². The number of ether oxygens (including phenoxy) is 1. The summed E-state index contributed by atoms with van der Waals surface area (Å²) in [6.07, 6.45) is 2.90. The first-order chi connectivity index (χ1) is 17.7. The number of aromatic carboxylic acids is 1. The lowest BCUT2D eigenvalue weighted by Crippen LogP contribution is -2.35. The summed E-state index contributed by atoms with van der Waals surface area (Å²) in [6, 6.07) is 15.6. The SMILES string of the molecule is CS(=O)(=O)N(CCN)c1cc2oc(-c3ccc(Oc4ccc(F)cc4)cc3)c(C(=O)O)c2cc1C1CC1. The average Bonchev–Trinajstić information content (AvgIpc) is 3.63. The summed E-state index contributed by atoms with van der Waals surface area (Å²) in [5.41, 5.74) is 7.70. The van der Waals surface area contributed by atoms with Crippen molar-refractivity contribution in [2.75, 3.05) is 23.7 Å². The Morgan fingerprint density at radius 3 is 2.27 bits per heavy atom. The molecule has 1 aromatic heterocycles. The molecule has 1 saturated carbocycles. The zero-order valence-corrected chi connectivity index (χ0v) is 20.8. The number of rotatable bonds is 9. The summed E-state index contributed by atoms with van der Waals surface area (Å²) in [4.78, 5) is 12.3. The van der Waals surface area contributed by atoms with E-state index in [4.69, 9.17) is 14.9 Å². The van der Waals surface area contributed by atoms with Gasteiger partial charge < -0.3 is 20.0 Å². The van der Waals surface area contributed by atoms with Gasteiger partial charge in [0.15, 0.2) is 0 Å². The molecule has 0 unspecified atom stereocenters. The monoisotopic (exact) mass is 524 g/mol. The number of carboxylic acids is 1. The van der Waals surface area contributed by atoms with Crippen LogP contribution in [0.15, 0.2) is 65.1 Å². The summed E-state index contributed by atoms with van der Waals surface area (Å²) in [5.74, 6) is -0.297. The number of nitrogens with two attached hydrogens (primary N) is 1. The zero-order valence-electron chi connectivity index (χ0n) is 20.0. The molecule has 1 aliphatic rings. The second kappa shape index (κ2) is 9.53. The molecule has 1 fully saturated rings. The zero-order chi connectivity index (χ0) is 26.3. The highest BCUT2D eigenvalue weighted by atomic mass is 32.2. The van der Waals surface area contributed by atoms with Gasteiger partial charge in [0.2, 0.25) is 10.0 Å². The third-order valence-electron chi connectivity index (χ3n) is 6.24. The fourth-order valence-corrected chi connectivity index (χ4v) is 5.35. The molecule has 0 aliphatic heterocycles. The quantitative estimate of drug-likeness (QED) is 0.303. The van der Waals surface area contributed by atoms with Gasteiger partial charge in [0, 0.05) is 30.1 Å². The van der Waals surface area contributed by atoms with Gasteiger partial charge in [-0.15, -0.1) is 0 Å². The lowest BCUT2D eigenvalue weighted by Gasteiger charge is -2.24. The van der Waals surface area contributed by atoms with Crippen molar-refractivity contribution in [2.45, 2.75) is 18.8 Å². The Balaban J connectivity index is 1.59. The van der Waals surface area contributed by atoms with Gasteiger partial charge in [-0.05, 0) is 78.9 Å². The lowest BCUT2D eigenvalue weighted by atomic mass is 10.0. The number of hydrogen-bond acceptors (Lipinski definition) is 6. The van der Waals surface area contributed by atoms with E-state index in [9.17, 15) is 22.7 Å². The van der Waals surface area contributed by atoms with Crippen molar-refractivity contribution in [3.63, 3.8) is 0 Å². The Kier molecular flexibility index (Phi) is 6.38. The molecule has 37 heavy (non-hydrogen) atoms. The van der Waals surface area contributed by atoms with Crippen LogP contribution in [0, 0.1) is 5.82 Å². The highest BCUT2D eigenvalue weighted by Crippen LogP contribution is 2.48. The maximum Gasteiger partial charge on any atom is 0.340 e. The first-order valence-electron chi connectivity index (χ1n) is 11.7. The maximum atomic E-state index is 13.1. The number of carboxylic acid groups (broad SMARTS) is 1. The van der Waals surface area contributed by atoms with Gasteiger partial charge in [-0.1, -0.05) is 0 Å². The predicted molar refractivity (Wildman–Crippen MR) is 138 cm³/mol. The maximum absolute atomic E-state index is 13.1. The van der Waals surface area contributed by atoms with Gasteiger partial charge in [0.25, 0.3) is 0 Å². The minimum Gasteiger partial charge on any atom is -0.478 e. The van der Waals surface area contributed by atoms with Gasteiger partial charge in [-0.2, -0.15) is 0 Å². The van der Waals surface area contributed by atoms with E-state index >= 15 is 0 Å². The number of sulfonamides is 1. The largest absolute Gasteiger partial charge is 0.478 e. The number of benzene rings is 3. The molecule has 1 heterocycles. The van der Waals surface area contributed by atoms with Crippen LogP contribution in [0.1, 0.15) is 34.7 Å². The van der Waals surface area contributed by atoms with Crippen molar-refractivity contribution >= 4 is 32.6 Å². The van der Waals surface area contributed by atoms with E-state index < -0.39 is 16.0 Å². The number of halogens is 1. The average molecular weight is 525 g/mol. The first-order valence-corrected chi connectivity index (χ1v) is 13.6. The van der Waals surface area contributed by atoms with Crippen LogP contribution in [0.3, 0.4) is 0 Å². The van der Waals surface area contributed by atoms with Crippen LogP contribution in [0.5, 0.6) is 11.5 Å². The van der Waals surface area contributed by atoms with Crippen molar-refractivity contribution in [3.05, 3.63) is 77.6 Å². The number of fused-ring (bicyclic) bond motifs is 1. The van der Waals surface area contributed by atoms with E-state index in [0.29, 0.717) is 28.1 Å². The molecule has 0 bridgehead atoms. The molecule has 0 atom stereocenters. The number of hydrogen-bond donors (Lipinski definition) is 2. The van der Waals surface area contributed by atoms with Gasteiger partial charge in [0.1, 0.15) is 34.2 Å². The van der Waals surface area contributed by atoms with Crippen LogP contribution in [-0.2, 0) is 10.0 Å². The molecule has 4 aromatic rings.